The summed E-state index contributed by atoms with van der Waals surface area (Å²) in [6.45, 7) is 6.24. The fraction of sp³-hybridized carbons (Fsp3) is 0.400. The van der Waals surface area contributed by atoms with Crippen LogP contribution >= 0.6 is 0 Å². The van der Waals surface area contributed by atoms with Crippen LogP contribution in [0.4, 0.5) is 0 Å². The second-order valence-electron chi connectivity index (χ2n) is 6.81. The predicted molar refractivity (Wildman–Crippen MR) is 98.6 cm³/mol. The van der Waals surface area contributed by atoms with Crippen molar-refractivity contribution in [3.8, 4) is 0 Å². The van der Waals surface area contributed by atoms with Crippen molar-refractivity contribution in [1.82, 2.24) is 4.90 Å². The first-order valence-electron chi connectivity index (χ1n) is 7.99. The Morgan fingerprint density at radius 2 is 1.44 bits per heavy atom. The molecule has 0 bridgehead atoms. The number of hydrogen-bond acceptors (Lipinski definition) is 5. The van der Waals surface area contributed by atoms with Gasteiger partial charge in [0.15, 0.2) is 5.57 Å². The number of ether oxygens (including phenoxy) is 2. The minimum atomic E-state index is -0.729. The number of carbonyl (C=O) groups excluding carboxylic acids is 2. The van der Waals surface area contributed by atoms with Gasteiger partial charge in [-0.25, -0.2) is 9.59 Å². The van der Waals surface area contributed by atoms with Gasteiger partial charge in [0.25, 0.3) is 0 Å². The summed E-state index contributed by atoms with van der Waals surface area (Å²) in [5, 5.41) is 0. The van der Waals surface area contributed by atoms with Crippen LogP contribution in [0.1, 0.15) is 26.3 Å². The molecule has 0 heterocycles. The molecule has 0 saturated heterocycles. The maximum absolute atomic E-state index is 12.2. The highest BCUT2D eigenvalue weighted by atomic mass is 16.5. The van der Waals surface area contributed by atoms with Crippen molar-refractivity contribution < 1.29 is 19.1 Å². The van der Waals surface area contributed by atoms with Crippen molar-refractivity contribution >= 4 is 17.5 Å². The summed E-state index contributed by atoms with van der Waals surface area (Å²) >= 11 is 0. The van der Waals surface area contributed by atoms with Crippen molar-refractivity contribution in [3.05, 3.63) is 53.2 Å². The summed E-state index contributed by atoms with van der Waals surface area (Å²) in [4.78, 5) is 26.1. The minimum absolute atomic E-state index is 0.132. The summed E-state index contributed by atoms with van der Waals surface area (Å²) in [5.74, 6) is -1.46. The standard InChI is InChI=1S/C20H27NO4/c1-20(2,3)15(14-11-9-8-10-12-14)13-16(21(4)5)17(18(22)24-6)19(23)25-7/h8-13H,1-7H3/b15-13-. The lowest BCUT2D eigenvalue weighted by atomic mass is 9.81. The van der Waals surface area contributed by atoms with Gasteiger partial charge < -0.3 is 14.4 Å². The molecule has 0 spiro atoms. The van der Waals surface area contributed by atoms with Crippen LogP contribution in [-0.4, -0.2) is 45.2 Å². The molecule has 5 nitrogen and oxygen atoms in total. The Kier molecular flexibility index (Phi) is 6.97. The number of methoxy groups -OCH3 is 2. The highest BCUT2D eigenvalue weighted by molar-refractivity contribution is 6.15. The van der Waals surface area contributed by atoms with E-state index in [0.717, 1.165) is 11.1 Å². The van der Waals surface area contributed by atoms with Crippen LogP contribution in [0.15, 0.2) is 47.7 Å². The number of carbonyl (C=O) groups is 2. The molecule has 0 atom stereocenters. The number of allylic oxidation sites excluding steroid dienone is 2. The van der Waals surface area contributed by atoms with E-state index in [1.807, 2.05) is 36.4 Å². The Bertz CT molecular complexity index is 661. The summed E-state index contributed by atoms with van der Waals surface area (Å²) in [7, 11) is 6.01. The predicted octanol–water partition coefficient (Wildman–Crippen LogP) is 3.28. The molecule has 1 aromatic carbocycles. The molecule has 0 unspecified atom stereocenters. The molecule has 1 aromatic rings. The van der Waals surface area contributed by atoms with Crippen LogP contribution in [0.25, 0.3) is 5.57 Å². The zero-order chi connectivity index (χ0) is 19.2. The van der Waals surface area contributed by atoms with E-state index < -0.39 is 11.9 Å². The van der Waals surface area contributed by atoms with E-state index in [1.165, 1.54) is 14.2 Å². The molecule has 0 aliphatic carbocycles. The SMILES string of the molecule is COC(=O)C(C(=O)OC)=C(/C=C(/c1ccccc1)C(C)(C)C)N(C)C. The van der Waals surface area contributed by atoms with E-state index in [4.69, 9.17) is 9.47 Å². The summed E-state index contributed by atoms with van der Waals surface area (Å²) in [6.07, 6.45) is 1.85. The van der Waals surface area contributed by atoms with Gasteiger partial charge in [-0.15, -0.1) is 0 Å². The number of benzene rings is 1. The van der Waals surface area contributed by atoms with Crippen molar-refractivity contribution in [2.75, 3.05) is 28.3 Å². The summed E-state index contributed by atoms with van der Waals surface area (Å²) in [5.41, 5.74) is 2.10. The molecule has 5 heteroatoms. The monoisotopic (exact) mass is 345 g/mol. The highest BCUT2D eigenvalue weighted by Gasteiger charge is 2.27. The van der Waals surface area contributed by atoms with E-state index >= 15 is 0 Å². The molecule has 0 amide bonds. The number of hydrogen-bond donors (Lipinski definition) is 0. The molecule has 0 aromatic heterocycles. The smallest absolute Gasteiger partial charge is 0.347 e. The average Bonchev–Trinajstić information content (AvgIpc) is 2.56. The van der Waals surface area contributed by atoms with Crippen LogP contribution < -0.4 is 0 Å². The van der Waals surface area contributed by atoms with Crippen molar-refractivity contribution in [2.24, 2.45) is 5.41 Å². The Labute approximate surface area is 149 Å². The molecule has 0 N–H and O–H groups in total. The Morgan fingerprint density at radius 1 is 0.960 bits per heavy atom. The van der Waals surface area contributed by atoms with E-state index in [2.05, 4.69) is 20.8 Å². The molecule has 0 aliphatic heterocycles. The molecular weight excluding hydrogens is 318 g/mol. The maximum atomic E-state index is 12.2. The zero-order valence-corrected chi connectivity index (χ0v) is 16.0. The number of rotatable bonds is 5. The molecule has 0 aliphatic rings. The first kappa shape index (κ1) is 20.5. The first-order chi connectivity index (χ1) is 11.6. The number of likely N-dealkylation sites (N-methyl/N-ethyl adjacent to an activating group) is 1. The van der Waals surface area contributed by atoms with Gasteiger partial charge in [0, 0.05) is 14.1 Å². The Hall–Kier alpha value is -2.56. The summed E-state index contributed by atoms with van der Waals surface area (Å²) in [6, 6.07) is 9.85. The van der Waals surface area contributed by atoms with Gasteiger partial charge in [-0.05, 0) is 22.6 Å². The van der Waals surface area contributed by atoms with Crippen LogP contribution in [0.3, 0.4) is 0 Å². The third kappa shape index (κ3) is 5.21. The van der Waals surface area contributed by atoms with E-state index in [0.29, 0.717) is 5.70 Å². The van der Waals surface area contributed by atoms with E-state index in [1.54, 1.807) is 19.0 Å². The van der Waals surface area contributed by atoms with Crippen molar-refractivity contribution in [3.63, 3.8) is 0 Å². The lowest BCUT2D eigenvalue weighted by molar-refractivity contribution is -0.144. The molecule has 1 rings (SSSR count). The average molecular weight is 345 g/mol. The summed E-state index contributed by atoms with van der Waals surface area (Å²) < 4.78 is 9.57. The van der Waals surface area contributed by atoms with Crippen molar-refractivity contribution in [1.29, 1.82) is 0 Å². The number of nitrogens with zero attached hydrogens (tertiary/aromatic N) is 1. The maximum Gasteiger partial charge on any atom is 0.347 e. The fourth-order valence-corrected chi connectivity index (χ4v) is 2.41. The quantitative estimate of drug-likeness (QED) is 0.269. The lowest BCUT2D eigenvalue weighted by Crippen LogP contribution is -2.24. The topological polar surface area (TPSA) is 55.8 Å². The second-order valence-corrected chi connectivity index (χ2v) is 6.81. The third-order valence-corrected chi connectivity index (χ3v) is 3.69. The van der Waals surface area contributed by atoms with Gasteiger partial charge in [0.05, 0.1) is 19.9 Å². The first-order valence-corrected chi connectivity index (χ1v) is 7.99. The van der Waals surface area contributed by atoms with Gasteiger partial charge in [-0.1, -0.05) is 51.1 Å². The van der Waals surface area contributed by atoms with Crippen LogP contribution in [0.2, 0.25) is 0 Å². The van der Waals surface area contributed by atoms with Gasteiger partial charge in [-0.2, -0.15) is 0 Å². The van der Waals surface area contributed by atoms with Crippen LogP contribution in [0.5, 0.6) is 0 Å². The van der Waals surface area contributed by atoms with Crippen molar-refractivity contribution in [2.45, 2.75) is 20.8 Å². The molecule has 0 radical (unpaired) electrons. The molecule has 0 saturated carbocycles. The Balaban J connectivity index is 3.74. The van der Waals surface area contributed by atoms with Gasteiger partial charge >= 0.3 is 11.9 Å². The van der Waals surface area contributed by atoms with Gasteiger partial charge in [-0.3, -0.25) is 0 Å². The lowest BCUT2D eigenvalue weighted by Gasteiger charge is -2.26. The number of esters is 2. The van der Waals surface area contributed by atoms with Crippen LogP contribution in [-0.2, 0) is 19.1 Å². The van der Waals surface area contributed by atoms with Gasteiger partial charge in [0.1, 0.15) is 0 Å². The largest absolute Gasteiger partial charge is 0.465 e. The van der Waals surface area contributed by atoms with Gasteiger partial charge in [0.2, 0.25) is 0 Å². The minimum Gasteiger partial charge on any atom is -0.465 e. The van der Waals surface area contributed by atoms with E-state index in [9.17, 15) is 9.59 Å². The van der Waals surface area contributed by atoms with E-state index in [-0.39, 0.29) is 11.0 Å². The second kappa shape index (κ2) is 8.51. The third-order valence-electron chi connectivity index (χ3n) is 3.69. The fourth-order valence-electron chi connectivity index (χ4n) is 2.41. The molecule has 136 valence electrons. The molecule has 25 heavy (non-hydrogen) atoms. The Morgan fingerprint density at radius 3 is 1.80 bits per heavy atom. The normalized spacial score (nSPS) is 11.6. The van der Waals surface area contributed by atoms with Crippen LogP contribution in [0, 0.1) is 5.41 Å². The highest BCUT2D eigenvalue weighted by Crippen LogP contribution is 2.35. The molecule has 0 fully saturated rings. The zero-order valence-electron chi connectivity index (χ0n) is 16.0. The molecular formula is C20H27NO4.